The number of carbonyl (C=O) groups excluding carboxylic acids is 3. The Morgan fingerprint density at radius 2 is 1.72 bits per heavy atom. The van der Waals surface area contributed by atoms with Crippen LogP contribution in [0.5, 0.6) is 0 Å². The molecule has 29 heavy (non-hydrogen) atoms. The van der Waals surface area contributed by atoms with Crippen LogP contribution in [0.4, 0.5) is 0 Å². The van der Waals surface area contributed by atoms with Gasteiger partial charge in [0.2, 0.25) is 0 Å². The van der Waals surface area contributed by atoms with Crippen molar-refractivity contribution in [1.82, 2.24) is 15.2 Å². The van der Waals surface area contributed by atoms with Gasteiger partial charge in [-0.25, -0.2) is 0 Å². The molecule has 3 rings (SSSR count). The quantitative estimate of drug-likeness (QED) is 0.695. The van der Waals surface area contributed by atoms with Gasteiger partial charge in [0.1, 0.15) is 0 Å². The van der Waals surface area contributed by atoms with Crippen LogP contribution in [-0.4, -0.2) is 44.2 Å². The summed E-state index contributed by atoms with van der Waals surface area (Å²) < 4.78 is 0. The second kappa shape index (κ2) is 7.83. The minimum Gasteiger partial charge on any atom is -0.481 e. The number of fused-ring (bicyclic) bond motifs is 1. The number of amides is 3. The zero-order valence-corrected chi connectivity index (χ0v) is 16.1. The summed E-state index contributed by atoms with van der Waals surface area (Å²) in [5.41, 5.74) is 0.708. The number of carboxylic acid groups (broad SMARTS) is 1. The van der Waals surface area contributed by atoms with Gasteiger partial charge in [-0.2, -0.15) is 0 Å². The van der Waals surface area contributed by atoms with E-state index in [4.69, 9.17) is 5.11 Å². The number of nitrogens with zero attached hydrogens (tertiary/aromatic N) is 2. The van der Waals surface area contributed by atoms with Gasteiger partial charge in [0.05, 0.1) is 17.7 Å². The molecule has 1 aromatic heterocycles. The summed E-state index contributed by atoms with van der Waals surface area (Å²) in [6.07, 6.45) is 3.36. The predicted molar refractivity (Wildman–Crippen MR) is 103 cm³/mol. The molecule has 0 saturated carbocycles. The van der Waals surface area contributed by atoms with Gasteiger partial charge in [0, 0.05) is 29.9 Å². The van der Waals surface area contributed by atoms with Crippen LogP contribution in [0.25, 0.3) is 0 Å². The van der Waals surface area contributed by atoms with E-state index in [0.717, 1.165) is 10.5 Å². The molecular weight excluding hydrogens is 374 g/mol. The van der Waals surface area contributed by atoms with E-state index in [1.165, 1.54) is 18.2 Å². The fourth-order valence-electron chi connectivity index (χ4n) is 3.11. The van der Waals surface area contributed by atoms with E-state index in [1.807, 2.05) is 0 Å². The van der Waals surface area contributed by atoms with Gasteiger partial charge in [0.25, 0.3) is 17.7 Å². The lowest BCUT2D eigenvalue weighted by molar-refractivity contribution is -0.137. The Kier molecular flexibility index (Phi) is 5.45. The molecule has 8 nitrogen and oxygen atoms in total. The number of rotatable bonds is 7. The second-order valence-electron chi connectivity index (χ2n) is 7.54. The largest absolute Gasteiger partial charge is 0.481 e. The van der Waals surface area contributed by atoms with Gasteiger partial charge in [-0.3, -0.25) is 29.1 Å². The summed E-state index contributed by atoms with van der Waals surface area (Å²) in [6.45, 7) is 3.58. The second-order valence-corrected chi connectivity index (χ2v) is 7.54. The Hall–Kier alpha value is -3.55. The molecule has 0 aliphatic carbocycles. The Morgan fingerprint density at radius 3 is 2.38 bits per heavy atom. The van der Waals surface area contributed by atoms with Crippen LogP contribution in [0.3, 0.4) is 0 Å². The molecule has 0 bridgehead atoms. The summed E-state index contributed by atoms with van der Waals surface area (Å²) >= 11 is 0. The molecule has 3 amide bonds. The third-order valence-electron chi connectivity index (χ3n) is 4.74. The lowest BCUT2D eigenvalue weighted by Crippen LogP contribution is -2.43. The highest BCUT2D eigenvalue weighted by Gasteiger charge is 2.36. The number of aromatic nitrogens is 1. The van der Waals surface area contributed by atoms with Gasteiger partial charge in [0.15, 0.2) is 0 Å². The van der Waals surface area contributed by atoms with Crippen LogP contribution in [0.1, 0.15) is 63.3 Å². The third kappa shape index (κ3) is 4.48. The molecule has 1 aliphatic rings. The summed E-state index contributed by atoms with van der Waals surface area (Å²) in [6, 6.07) is 7.82. The van der Waals surface area contributed by atoms with Crippen LogP contribution in [0, 0.1) is 0 Å². The molecule has 8 heteroatoms. The fraction of sp³-hybridized carbons (Fsp3) is 0.286. The average Bonchev–Trinajstić information content (AvgIpc) is 2.91. The van der Waals surface area contributed by atoms with Crippen molar-refractivity contribution < 1.29 is 24.3 Å². The maximum atomic E-state index is 12.7. The molecule has 0 fully saturated rings. The summed E-state index contributed by atoms with van der Waals surface area (Å²) in [5.74, 6) is -2.24. The van der Waals surface area contributed by atoms with E-state index in [-0.39, 0.29) is 36.1 Å². The molecule has 0 unspecified atom stereocenters. The number of nitrogens with one attached hydrogen (secondary N) is 1. The van der Waals surface area contributed by atoms with Gasteiger partial charge in [-0.05, 0) is 56.2 Å². The van der Waals surface area contributed by atoms with E-state index in [2.05, 4.69) is 10.3 Å². The molecule has 2 N–H and O–H groups in total. The smallest absolute Gasteiger partial charge is 0.303 e. The van der Waals surface area contributed by atoms with Gasteiger partial charge >= 0.3 is 5.97 Å². The van der Waals surface area contributed by atoms with Crippen molar-refractivity contribution in [2.24, 2.45) is 0 Å². The molecule has 150 valence electrons. The molecule has 0 saturated heterocycles. The molecule has 2 heterocycles. The first-order valence-corrected chi connectivity index (χ1v) is 9.11. The number of benzene rings is 1. The predicted octanol–water partition coefficient (Wildman–Crippen LogP) is 2.25. The Bertz CT molecular complexity index is 985. The zero-order valence-electron chi connectivity index (χ0n) is 16.1. The monoisotopic (exact) mass is 395 g/mol. The number of pyridine rings is 1. The molecule has 1 aromatic carbocycles. The van der Waals surface area contributed by atoms with Crippen LogP contribution < -0.4 is 5.32 Å². The maximum Gasteiger partial charge on any atom is 0.303 e. The van der Waals surface area contributed by atoms with Crippen LogP contribution in [-0.2, 0) is 11.3 Å². The van der Waals surface area contributed by atoms with Crippen molar-refractivity contribution in [3.05, 3.63) is 65.0 Å². The first-order chi connectivity index (χ1) is 13.7. The van der Waals surface area contributed by atoms with Gasteiger partial charge in [-0.1, -0.05) is 0 Å². The standard InChI is InChI=1S/C21H21N3O5/c1-21(2,8-5-17(25)26)23-18(27)14-3-4-15-16(11-14)20(29)24(19(15)28)12-13-6-9-22-10-7-13/h3-4,6-7,9-11H,5,8,12H2,1-2H3,(H,23,27)(H,25,26). The van der Waals surface area contributed by atoms with Gasteiger partial charge in [-0.15, -0.1) is 0 Å². The highest BCUT2D eigenvalue weighted by atomic mass is 16.4. The lowest BCUT2D eigenvalue weighted by Gasteiger charge is -2.25. The highest BCUT2D eigenvalue weighted by Crippen LogP contribution is 2.26. The number of imide groups is 1. The number of hydrogen-bond donors (Lipinski definition) is 2. The van der Waals surface area contributed by atoms with Crippen molar-refractivity contribution in [2.45, 2.75) is 38.8 Å². The first-order valence-electron chi connectivity index (χ1n) is 9.11. The molecule has 0 radical (unpaired) electrons. The first kappa shape index (κ1) is 20.2. The fourth-order valence-corrected chi connectivity index (χ4v) is 3.11. The molecule has 0 spiro atoms. The molecule has 2 aromatic rings. The van der Waals surface area contributed by atoms with Gasteiger partial charge < -0.3 is 10.4 Å². The van der Waals surface area contributed by atoms with Crippen molar-refractivity contribution in [3.63, 3.8) is 0 Å². The topological polar surface area (TPSA) is 117 Å². The molecular formula is C21H21N3O5. The van der Waals surface area contributed by atoms with Crippen molar-refractivity contribution in [2.75, 3.05) is 0 Å². The summed E-state index contributed by atoms with van der Waals surface area (Å²) in [7, 11) is 0. The van der Waals surface area contributed by atoms with Crippen molar-refractivity contribution in [3.8, 4) is 0 Å². The lowest BCUT2D eigenvalue weighted by atomic mass is 9.97. The summed E-state index contributed by atoms with van der Waals surface area (Å²) in [4.78, 5) is 53.8. The number of carbonyl (C=O) groups is 4. The Labute approximate surface area is 167 Å². The van der Waals surface area contributed by atoms with Crippen molar-refractivity contribution in [1.29, 1.82) is 0 Å². The van der Waals surface area contributed by atoms with Crippen LogP contribution in [0.15, 0.2) is 42.7 Å². The van der Waals surface area contributed by atoms with E-state index in [9.17, 15) is 19.2 Å². The maximum absolute atomic E-state index is 12.7. The normalized spacial score (nSPS) is 13.4. The summed E-state index contributed by atoms with van der Waals surface area (Å²) in [5, 5.41) is 11.6. The number of aliphatic carboxylic acids is 1. The highest BCUT2D eigenvalue weighted by molar-refractivity contribution is 6.22. The Morgan fingerprint density at radius 1 is 1.07 bits per heavy atom. The van der Waals surface area contributed by atoms with E-state index < -0.39 is 29.2 Å². The van der Waals surface area contributed by atoms with E-state index in [0.29, 0.717) is 0 Å². The minimum atomic E-state index is -0.941. The number of hydrogen-bond acceptors (Lipinski definition) is 5. The number of carboxylic acids is 1. The van der Waals surface area contributed by atoms with Crippen LogP contribution in [0.2, 0.25) is 0 Å². The zero-order chi connectivity index (χ0) is 21.2. The van der Waals surface area contributed by atoms with E-state index in [1.54, 1.807) is 38.4 Å². The minimum absolute atomic E-state index is 0.0750. The van der Waals surface area contributed by atoms with Crippen molar-refractivity contribution >= 4 is 23.7 Å². The average molecular weight is 395 g/mol. The molecule has 0 atom stereocenters. The Balaban J connectivity index is 1.77. The SMILES string of the molecule is CC(C)(CCC(=O)O)NC(=O)c1ccc2c(c1)C(=O)N(Cc1ccncc1)C2=O. The third-order valence-corrected chi connectivity index (χ3v) is 4.74. The molecule has 1 aliphatic heterocycles. The van der Waals surface area contributed by atoms with Crippen LogP contribution >= 0.6 is 0 Å². The van der Waals surface area contributed by atoms with E-state index >= 15 is 0 Å².